The van der Waals surface area contributed by atoms with Gasteiger partial charge >= 0.3 is 0 Å². The smallest absolute Gasteiger partial charge is 0.254 e. The van der Waals surface area contributed by atoms with Crippen LogP contribution < -0.4 is 5.73 Å². The van der Waals surface area contributed by atoms with Crippen LogP contribution in [0.15, 0.2) is 18.2 Å². The molecule has 2 unspecified atom stereocenters. The van der Waals surface area contributed by atoms with Gasteiger partial charge in [-0.1, -0.05) is 23.2 Å². The average Bonchev–Trinajstić information content (AvgIpc) is 2.40. The number of amides is 1. The normalized spacial score (nSPS) is 23.5. The number of rotatable bonds is 2. The van der Waals surface area contributed by atoms with Crippen LogP contribution >= 0.6 is 23.2 Å². The lowest BCUT2D eigenvalue weighted by molar-refractivity contribution is 0.0494. The summed E-state index contributed by atoms with van der Waals surface area (Å²) in [5.41, 5.74) is 6.36. The van der Waals surface area contributed by atoms with E-state index in [1.54, 1.807) is 18.2 Å². The van der Waals surface area contributed by atoms with Gasteiger partial charge in [-0.3, -0.25) is 4.79 Å². The highest BCUT2D eigenvalue weighted by Gasteiger charge is 2.31. The van der Waals surface area contributed by atoms with E-state index in [0.29, 0.717) is 22.2 Å². The molecule has 1 heterocycles. The highest BCUT2D eigenvalue weighted by molar-refractivity contribution is 6.42. The standard InChI is InChI=1S/C14H18Cl2N2O/c1-9-3-2-4-11(8-17)18(9)14(19)10-5-6-12(15)13(16)7-10/h5-7,9,11H,2-4,8,17H2,1H3. The van der Waals surface area contributed by atoms with Crippen molar-refractivity contribution in [3.8, 4) is 0 Å². The molecule has 2 rings (SSSR count). The van der Waals surface area contributed by atoms with Crippen molar-refractivity contribution in [3.63, 3.8) is 0 Å². The average molecular weight is 301 g/mol. The summed E-state index contributed by atoms with van der Waals surface area (Å²) in [5.74, 6) is -0.0128. The summed E-state index contributed by atoms with van der Waals surface area (Å²) in [6.45, 7) is 2.56. The van der Waals surface area contributed by atoms with E-state index in [2.05, 4.69) is 6.92 Å². The van der Waals surface area contributed by atoms with Crippen molar-refractivity contribution in [2.75, 3.05) is 6.54 Å². The molecule has 5 heteroatoms. The summed E-state index contributed by atoms with van der Waals surface area (Å²) < 4.78 is 0. The molecule has 0 spiro atoms. The molecule has 19 heavy (non-hydrogen) atoms. The summed E-state index contributed by atoms with van der Waals surface area (Å²) in [6.07, 6.45) is 3.10. The van der Waals surface area contributed by atoms with Gasteiger partial charge in [0.25, 0.3) is 5.91 Å². The van der Waals surface area contributed by atoms with Crippen molar-refractivity contribution in [3.05, 3.63) is 33.8 Å². The van der Waals surface area contributed by atoms with Crippen molar-refractivity contribution < 1.29 is 4.79 Å². The van der Waals surface area contributed by atoms with Crippen LogP contribution in [0.4, 0.5) is 0 Å². The molecule has 1 aromatic carbocycles. The van der Waals surface area contributed by atoms with Gasteiger partial charge in [0.15, 0.2) is 0 Å². The van der Waals surface area contributed by atoms with Gasteiger partial charge in [0.2, 0.25) is 0 Å². The van der Waals surface area contributed by atoms with Gasteiger partial charge < -0.3 is 10.6 Å². The largest absolute Gasteiger partial charge is 0.332 e. The first-order chi connectivity index (χ1) is 9.04. The zero-order valence-electron chi connectivity index (χ0n) is 10.9. The Hall–Kier alpha value is -0.770. The van der Waals surface area contributed by atoms with E-state index in [1.165, 1.54) is 0 Å². The molecular formula is C14H18Cl2N2O. The summed E-state index contributed by atoms with van der Waals surface area (Å²) in [7, 11) is 0. The Morgan fingerprint density at radius 1 is 1.37 bits per heavy atom. The van der Waals surface area contributed by atoms with Crippen molar-refractivity contribution in [1.82, 2.24) is 4.90 Å². The van der Waals surface area contributed by atoms with Crippen molar-refractivity contribution in [2.24, 2.45) is 5.73 Å². The highest BCUT2D eigenvalue weighted by atomic mass is 35.5. The van der Waals surface area contributed by atoms with Crippen molar-refractivity contribution >= 4 is 29.1 Å². The lowest BCUT2D eigenvalue weighted by Crippen LogP contribution is -2.51. The molecule has 2 atom stereocenters. The molecule has 0 saturated carbocycles. The lowest BCUT2D eigenvalue weighted by Gasteiger charge is -2.40. The first-order valence-corrected chi connectivity index (χ1v) is 7.28. The van der Waals surface area contributed by atoms with E-state index in [4.69, 9.17) is 28.9 Å². The first kappa shape index (κ1) is 14.6. The van der Waals surface area contributed by atoms with E-state index in [0.717, 1.165) is 19.3 Å². The number of halogens is 2. The first-order valence-electron chi connectivity index (χ1n) is 6.52. The molecular weight excluding hydrogens is 283 g/mol. The third kappa shape index (κ3) is 3.04. The number of carbonyl (C=O) groups is 1. The topological polar surface area (TPSA) is 46.3 Å². The minimum absolute atomic E-state index is 0.0128. The molecule has 0 bridgehead atoms. The molecule has 1 aromatic rings. The molecule has 0 radical (unpaired) electrons. The Morgan fingerprint density at radius 3 is 2.74 bits per heavy atom. The van der Waals surface area contributed by atoms with Crippen LogP contribution in [0.5, 0.6) is 0 Å². The Labute approximate surface area is 123 Å². The van der Waals surface area contributed by atoms with Crippen molar-refractivity contribution in [2.45, 2.75) is 38.3 Å². The quantitative estimate of drug-likeness (QED) is 0.910. The number of hydrogen-bond donors (Lipinski definition) is 1. The van der Waals surface area contributed by atoms with E-state index in [1.807, 2.05) is 4.90 Å². The monoisotopic (exact) mass is 300 g/mol. The maximum absolute atomic E-state index is 12.6. The highest BCUT2D eigenvalue weighted by Crippen LogP contribution is 2.27. The Balaban J connectivity index is 2.27. The molecule has 3 nitrogen and oxygen atoms in total. The summed E-state index contributed by atoms with van der Waals surface area (Å²) in [6, 6.07) is 5.32. The van der Waals surface area contributed by atoms with E-state index < -0.39 is 0 Å². The minimum atomic E-state index is -0.0128. The van der Waals surface area contributed by atoms with Crippen molar-refractivity contribution in [1.29, 1.82) is 0 Å². The molecule has 2 N–H and O–H groups in total. The summed E-state index contributed by atoms with van der Waals surface area (Å²) >= 11 is 11.9. The number of nitrogens with two attached hydrogens (primary N) is 1. The predicted octanol–water partition coefficient (Wildman–Crippen LogP) is 3.34. The number of hydrogen-bond acceptors (Lipinski definition) is 2. The second-order valence-electron chi connectivity index (χ2n) is 5.01. The molecule has 0 aliphatic carbocycles. The van der Waals surface area contributed by atoms with Crippen LogP contribution in [-0.2, 0) is 0 Å². The van der Waals surface area contributed by atoms with Crippen LogP contribution in [0.1, 0.15) is 36.5 Å². The van der Waals surface area contributed by atoms with E-state index in [-0.39, 0.29) is 18.0 Å². The third-order valence-corrected chi connectivity index (χ3v) is 4.44. The maximum Gasteiger partial charge on any atom is 0.254 e. The van der Waals surface area contributed by atoms with Gasteiger partial charge in [-0.05, 0) is 44.4 Å². The SMILES string of the molecule is CC1CCCC(CN)N1C(=O)c1ccc(Cl)c(Cl)c1. The van der Waals surface area contributed by atoms with E-state index in [9.17, 15) is 4.79 Å². The fourth-order valence-electron chi connectivity index (χ4n) is 2.66. The van der Waals surface area contributed by atoms with Gasteiger partial charge in [-0.15, -0.1) is 0 Å². The van der Waals surface area contributed by atoms with Gasteiger partial charge in [-0.2, -0.15) is 0 Å². The maximum atomic E-state index is 12.6. The molecule has 1 aliphatic heterocycles. The van der Waals surface area contributed by atoms with Gasteiger partial charge in [0.05, 0.1) is 10.0 Å². The zero-order valence-corrected chi connectivity index (χ0v) is 12.4. The number of carbonyl (C=O) groups excluding carboxylic acids is 1. The number of likely N-dealkylation sites (tertiary alicyclic amines) is 1. The molecule has 1 aliphatic rings. The third-order valence-electron chi connectivity index (χ3n) is 3.70. The van der Waals surface area contributed by atoms with Crippen LogP contribution in [0.25, 0.3) is 0 Å². The Kier molecular flexibility index (Phi) is 4.71. The van der Waals surface area contributed by atoms with Gasteiger partial charge in [-0.25, -0.2) is 0 Å². The number of nitrogens with zero attached hydrogens (tertiary/aromatic N) is 1. The minimum Gasteiger partial charge on any atom is -0.332 e. The fourth-order valence-corrected chi connectivity index (χ4v) is 2.96. The van der Waals surface area contributed by atoms with Crippen LogP contribution in [0.2, 0.25) is 10.0 Å². The molecule has 1 amide bonds. The van der Waals surface area contributed by atoms with Crippen LogP contribution in [-0.4, -0.2) is 29.4 Å². The van der Waals surface area contributed by atoms with Gasteiger partial charge in [0.1, 0.15) is 0 Å². The Morgan fingerprint density at radius 2 is 2.11 bits per heavy atom. The molecule has 104 valence electrons. The molecule has 1 fully saturated rings. The summed E-state index contributed by atoms with van der Waals surface area (Å²) in [5, 5.41) is 0.863. The lowest BCUT2D eigenvalue weighted by atomic mass is 9.95. The fraction of sp³-hybridized carbons (Fsp3) is 0.500. The van der Waals surface area contributed by atoms with Gasteiger partial charge in [0, 0.05) is 24.2 Å². The van der Waals surface area contributed by atoms with E-state index >= 15 is 0 Å². The number of piperidine rings is 1. The summed E-state index contributed by atoms with van der Waals surface area (Å²) in [4.78, 5) is 14.5. The molecule has 0 aromatic heterocycles. The Bertz CT molecular complexity index is 479. The second kappa shape index (κ2) is 6.12. The predicted molar refractivity (Wildman–Crippen MR) is 78.8 cm³/mol. The van der Waals surface area contributed by atoms with Crippen LogP contribution in [0.3, 0.4) is 0 Å². The molecule has 1 saturated heterocycles. The number of benzene rings is 1. The second-order valence-corrected chi connectivity index (χ2v) is 5.83. The zero-order chi connectivity index (χ0) is 14.0. The van der Waals surface area contributed by atoms with Crippen LogP contribution in [0, 0.1) is 0 Å².